The van der Waals surface area contributed by atoms with E-state index in [2.05, 4.69) is 72.8 Å². The molecule has 0 aliphatic heterocycles. The predicted octanol–water partition coefficient (Wildman–Crippen LogP) is 4.67. The van der Waals surface area contributed by atoms with Gasteiger partial charge >= 0.3 is 0 Å². The zero-order valence-corrected chi connectivity index (χ0v) is 10.9. The Hall–Kier alpha value is -2.60. The molecule has 4 aromatic rings. The Bertz CT molecular complexity index is 1080. The van der Waals surface area contributed by atoms with E-state index in [1.165, 1.54) is 43.1 Å². The minimum atomic E-state index is 1.32. The highest BCUT2D eigenvalue weighted by molar-refractivity contribution is 6.22. The molecule has 0 aromatic heterocycles. The van der Waals surface area contributed by atoms with E-state index in [1.807, 2.05) is 0 Å². The minimum absolute atomic E-state index is 1.32. The van der Waals surface area contributed by atoms with Crippen molar-refractivity contribution in [2.75, 3.05) is 0 Å². The molecule has 0 saturated heterocycles. The largest absolute Gasteiger partial charge is 0.0616 e. The summed E-state index contributed by atoms with van der Waals surface area (Å²) >= 11 is 0. The second-order valence-corrected chi connectivity index (χ2v) is 5.45. The minimum Gasteiger partial charge on any atom is -0.0616 e. The van der Waals surface area contributed by atoms with Crippen molar-refractivity contribution in [1.29, 1.82) is 0 Å². The average molecular weight is 252 g/mol. The summed E-state index contributed by atoms with van der Waals surface area (Å²) in [5, 5.41) is 9.48. The van der Waals surface area contributed by atoms with Gasteiger partial charge < -0.3 is 0 Å². The third kappa shape index (κ3) is 1.16. The highest BCUT2D eigenvalue weighted by Gasteiger charge is 2.10. The van der Waals surface area contributed by atoms with Gasteiger partial charge in [-0.2, -0.15) is 0 Å². The van der Waals surface area contributed by atoms with E-state index in [4.69, 9.17) is 0 Å². The number of benzene rings is 4. The Kier molecular flexibility index (Phi) is 1.78. The molecule has 20 heavy (non-hydrogen) atoms. The van der Waals surface area contributed by atoms with Gasteiger partial charge in [-0.05, 0) is 55.2 Å². The van der Waals surface area contributed by atoms with Crippen molar-refractivity contribution in [3.63, 3.8) is 0 Å². The smallest absolute Gasteiger partial charge is 0.00260 e. The van der Waals surface area contributed by atoms with E-state index in [0.29, 0.717) is 0 Å². The number of hydrogen-bond donors (Lipinski definition) is 0. The first-order chi connectivity index (χ1) is 9.92. The zero-order valence-electron chi connectivity index (χ0n) is 10.9. The monoisotopic (exact) mass is 252 g/mol. The lowest BCUT2D eigenvalue weighted by Gasteiger charge is -2.11. The molecule has 0 fully saturated rings. The molecule has 0 radical (unpaired) electrons. The van der Waals surface area contributed by atoms with Crippen LogP contribution in [0, 0.1) is 0 Å². The van der Waals surface area contributed by atoms with Gasteiger partial charge in [-0.15, -0.1) is 0 Å². The molecule has 4 aromatic carbocycles. The Morgan fingerprint density at radius 2 is 1.50 bits per heavy atom. The standard InChI is InChI=1S/C20H12/c1-2-7-16-13(5-1)11-15-12-14-6-3-8-17(14)19-10-4-9-18(16)20(15)19/h1-12H. The summed E-state index contributed by atoms with van der Waals surface area (Å²) in [4.78, 5) is 0. The maximum atomic E-state index is 2.32. The first kappa shape index (κ1) is 10.2. The molecular formula is C20H12. The van der Waals surface area contributed by atoms with Crippen LogP contribution in [0.4, 0.5) is 0 Å². The average Bonchev–Trinajstić information content (AvgIpc) is 2.96. The second kappa shape index (κ2) is 3.49. The van der Waals surface area contributed by atoms with Gasteiger partial charge in [0, 0.05) is 0 Å². The number of rotatable bonds is 0. The van der Waals surface area contributed by atoms with Gasteiger partial charge in [0.05, 0.1) is 0 Å². The zero-order chi connectivity index (χ0) is 13.1. The maximum absolute atomic E-state index is 2.32. The molecule has 0 unspecified atom stereocenters. The van der Waals surface area contributed by atoms with Crippen molar-refractivity contribution in [2.24, 2.45) is 0 Å². The third-order valence-corrected chi connectivity index (χ3v) is 4.37. The van der Waals surface area contributed by atoms with Gasteiger partial charge in [-0.3, -0.25) is 0 Å². The van der Waals surface area contributed by atoms with Crippen molar-refractivity contribution >= 4 is 44.5 Å². The van der Waals surface area contributed by atoms with Crippen LogP contribution in [0.25, 0.3) is 44.5 Å². The number of allylic oxidation sites excluding steroid dienone is 1. The summed E-state index contributed by atoms with van der Waals surface area (Å²) in [6.45, 7) is 0. The van der Waals surface area contributed by atoms with Crippen molar-refractivity contribution in [2.45, 2.75) is 0 Å². The van der Waals surface area contributed by atoms with Crippen LogP contribution in [0.5, 0.6) is 0 Å². The molecule has 0 amide bonds. The second-order valence-electron chi connectivity index (χ2n) is 5.45. The Morgan fingerprint density at radius 3 is 2.50 bits per heavy atom. The fraction of sp³-hybridized carbons (Fsp3) is 0. The number of hydrogen-bond acceptors (Lipinski definition) is 0. The maximum Gasteiger partial charge on any atom is -0.00260 e. The highest BCUT2D eigenvalue weighted by atomic mass is 14.1. The molecule has 92 valence electrons. The van der Waals surface area contributed by atoms with Crippen molar-refractivity contribution in [3.05, 3.63) is 71.5 Å². The van der Waals surface area contributed by atoms with E-state index < -0.39 is 0 Å². The molecule has 1 aliphatic carbocycles. The molecule has 5 rings (SSSR count). The highest BCUT2D eigenvalue weighted by Crippen LogP contribution is 2.33. The lowest BCUT2D eigenvalue weighted by Crippen LogP contribution is -2.04. The summed E-state index contributed by atoms with van der Waals surface area (Å²) in [7, 11) is 0. The molecule has 0 nitrogen and oxygen atoms in total. The topological polar surface area (TPSA) is 0 Å². The van der Waals surface area contributed by atoms with Gasteiger partial charge in [-0.25, -0.2) is 0 Å². The molecule has 1 aliphatic rings. The van der Waals surface area contributed by atoms with E-state index in [1.54, 1.807) is 0 Å². The molecule has 0 saturated carbocycles. The van der Waals surface area contributed by atoms with Crippen LogP contribution in [0.2, 0.25) is 0 Å². The quantitative estimate of drug-likeness (QED) is 0.315. The Labute approximate surface area is 116 Å². The van der Waals surface area contributed by atoms with Crippen LogP contribution in [0.3, 0.4) is 0 Å². The van der Waals surface area contributed by atoms with Gasteiger partial charge in [0.1, 0.15) is 0 Å². The Morgan fingerprint density at radius 1 is 0.650 bits per heavy atom. The van der Waals surface area contributed by atoms with E-state index in [-0.39, 0.29) is 0 Å². The summed E-state index contributed by atoms with van der Waals surface area (Å²) in [5.41, 5.74) is 1.33. The first-order valence-electron chi connectivity index (χ1n) is 6.97. The lowest BCUT2D eigenvalue weighted by atomic mass is 9.93. The van der Waals surface area contributed by atoms with Gasteiger partial charge in [0.25, 0.3) is 0 Å². The third-order valence-electron chi connectivity index (χ3n) is 4.37. The summed E-state index contributed by atoms with van der Waals surface area (Å²) in [6, 6.07) is 20.0. The fourth-order valence-corrected chi connectivity index (χ4v) is 3.51. The fourth-order valence-electron chi connectivity index (χ4n) is 3.51. The molecule has 0 atom stereocenters. The molecule has 0 bridgehead atoms. The first-order valence-corrected chi connectivity index (χ1v) is 6.97. The summed E-state index contributed by atoms with van der Waals surface area (Å²) < 4.78 is 0. The van der Waals surface area contributed by atoms with Crippen molar-refractivity contribution < 1.29 is 0 Å². The SMILES string of the molecule is C1=Cc2cc3cc4ccccc4c4cccc(c2=C1)c34. The van der Waals surface area contributed by atoms with E-state index in [0.717, 1.165) is 0 Å². The van der Waals surface area contributed by atoms with Crippen LogP contribution in [-0.4, -0.2) is 0 Å². The molecule has 0 heterocycles. The predicted molar refractivity (Wildman–Crippen MR) is 87.7 cm³/mol. The normalized spacial score (nSPS) is 13.2. The van der Waals surface area contributed by atoms with Crippen LogP contribution in [-0.2, 0) is 0 Å². The number of fused-ring (bicyclic) bond motifs is 4. The van der Waals surface area contributed by atoms with Crippen molar-refractivity contribution in [3.8, 4) is 0 Å². The Balaban J connectivity index is 2.20. The molecule has 0 heteroatoms. The van der Waals surface area contributed by atoms with Crippen LogP contribution in [0.15, 0.2) is 60.7 Å². The van der Waals surface area contributed by atoms with Crippen LogP contribution < -0.4 is 5.22 Å². The van der Waals surface area contributed by atoms with Crippen LogP contribution >= 0.6 is 0 Å². The molecule has 0 N–H and O–H groups in total. The van der Waals surface area contributed by atoms with Gasteiger partial charge in [-0.1, -0.05) is 60.7 Å². The summed E-state index contributed by atoms with van der Waals surface area (Å²) in [5.74, 6) is 0. The summed E-state index contributed by atoms with van der Waals surface area (Å²) in [6.07, 6.45) is 6.57. The van der Waals surface area contributed by atoms with Gasteiger partial charge in [0.2, 0.25) is 0 Å². The van der Waals surface area contributed by atoms with Crippen LogP contribution in [0.1, 0.15) is 5.56 Å². The van der Waals surface area contributed by atoms with Crippen molar-refractivity contribution in [1.82, 2.24) is 0 Å². The molecular weight excluding hydrogens is 240 g/mol. The van der Waals surface area contributed by atoms with E-state index in [9.17, 15) is 0 Å². The lowest BCUT2D eigenvalue weighted by molar-refractivity contribution is 1.69. The molecule has 0 spiro atoms. The van der Waals surface area contributed by atoms with Gasteiger partial charge in [0.15, 0.2) is 0 Å². The van der Waals surface area contributed by atoms with E-state index >= 15 is 0 Å².